The van der Waals surface area contributed by atoms with Crippen LogP contribution >= 0.6 is 11.3 Å². The van der Waals surface area contributed by atoms with E-state index in [4.69, 9.17) is 4.99 Å². The quantitative estimate of drug-likeness (QED) is 0.156. The standard InChI is InChI=1S/C35H39F2N5OS/c1-8-21(4)17-38-31-13-10-26(15-28(31)23(6)20(2)3)32-14-11-27(44-32)19-40-34-33(41-22(5)18-39-34)35(43)42-24(7)25-9-12-29(36)30(37)16-25/h9-18,20-21,24H,6,8,19H2,1-5,7H3,(H,39,40)(H,42,43). The molecule has 230 valence electrons. The predicted molar refractivity (Wildman–Crippen MR) is 178 cm³/mol. The monoisotopic (exact) mass is 615 g/mol. The van der Waals surface area contributed by atoms with Gasteiger partial charge in [-0.05, 0) is 85.2 Å². The number of hydrogen-bond donors (Lipinski definition) is 2. The molecule has 0 spiro atoms. The molecule has 2 aromatic heterocycles. The minimum absolute atomic E-state index is 0.126. The Morgan fingerprint density at radius 3 is 2.55 bits per heavy atom. The minimum Gasteiger partial charge on any atom is -0.363 e. The lowest BCUT2D eigenvalue weighted by Crippen LogP contribution is -2.29. The number of carbonyl (C=O) groups is 1. The molecule has 0 bridgehead atoms. The first-order valence-corrected chi connectivity index (χ1v) is 15.6. The molecule has 0 fully saturated rings. The fourth-order valence-electron chi connectivity index (χ4n) is 4.38. The zero-order chi connectivity index (χ0) is 32.0. The first-order chi connectivity index (χ1) is 21.0. The van der Waals surface area contributed by atoms with Crippen LogP contribution in [0.25, 0.3) is 16.0 Å². The van der Waals surface area contributed by atoms with Crippen LogP contribution in [0.4, 0.5) is 20.3 Å². The van der Waals surface area contributed by atoms with E-state index < -0.39 is 23.6 Å². The van der Waals surface area contributed by atoms with Crippen molar-refractivity contribution in [3.8, 4) is 10.4 Å². The van der Waals surface area contributed by atoms with Gasteiger partial charge in [-0.15, -0.1) is 11.3 Å². The smallest absolute Gasteiger partial charge is 0.274 e. The molecular formula is C35H39F2N5OS. The summed E-state index contributed by atoms with van der Waals surface area (Å²) >= 11 is 1.64. The number of nitrogens with one attached hydrogen (secondary N) is 2. The van der Waals surface area contributed by atoms with E-state index in [1.807, 2.05) is 12.3 Å². The molecule has 0 aliphatic heterocycles. The van der Waals surface area contributed by atoms with Gasteiger partial charge in [0.2, 0.25) is 0 Å². The van der Waals surface area contributed by atoms with Crippen LogP contribution in [0.2, 0.25) is 0 Å². The molecule has 2 unspecified atom stereocenters. The number of benzene rings is 2. The maximum absolute atomic E-state index is 13.7. The highest BCUT2D eigenvalue weighted by Crippen LogP contribution is 2.36. The lowest BCUT2D eigenvalue weighted by Gasteiger charge is -2.16. The van der Waals surface area contributed by atoms with Crippen molar-refractivity contribution in [1.82, 2.24) is 15.3 Å². The summed E-state index contributed by atoms with van der Waals surface area (Å²) in [5, 5.41) is 6.06. The van der Waals surface area contributed by atoms with Crippen molar-refractivity contribution in [2.45, 2.75) is 60.5 Å². The summed E-state index contributed by atoms with van der Waals surface area (Å²) in [7, 11) is 0. The van der Waals surface area contributed by atoms with Gasteiger partial charge < -0.3 is 10.6 Å². The topological polar surface area (TPSA) is 79.3 Å². The van der Waals surface area contributed by atoms with Crippen LogP contribution < -0.4 is 10.6 Å². The van der Waals surface area contributed by atoms with Gasteiger partial charge in [0.15, 0.2) is 23.1 Å². The SMILES string of the molecule is C=C(c1cc(-c2ccc(CNc3ncc(C)nc3C(=O)NC(C)c3ccc(F)c(F)c3)s2)ccc1N=CC(C)CC)C(C)C. The lowest BCUT2D eigenvalue weighted by atomic mass is 9.94. The summed E-state index contributed by atoms with van der Waals surface area (Å²) in [6.45, 7) is 16.8. The highest BCUT2D eigenvalue weighted by Gasteiger charge is 2.19. The molecule has 0 aliphatic carbocycles. The molecule has 6 nitrogen and oxygen atoms in total. The Morgan fingerprint density at radius 1 is 1.07 bits per heavy atom. The van der Waals surface area contributed by atoms with Gasteiger partial charge in [-0.25, -0.2) is 18.7 Å². The van der Waals surface area contributed by atoms with Crippen molar-refractivity contribution in [1.29, 1.82) is 0 Å². The Labute approximate surface area is 262 Å². The Kier molecular flexibility index (Phi) is 10.8. The van der Waals surface area contributed by atoms with Crippen molar-refractivity contribution in [3.05, 3.63) is 100 Å². The predicted octanol–water partition coefficient (Wildman–Crippen LogP) is 9.31. The molecule has 2 heterocycles. The Hall–Kier alpha value is -4.24. The van der Waals surface area contributed by atoms with Gasteiger partial charge in [-0.1, -0.05) is 46.4 Å². The molecular weight excluding hydrogens is 576 g/mol. The van der Waals surface area contributed by atoms with Crippen molar-refractivity contribution in [2.24, 2.45) is 16.8 Å². The third kappa shape index (κ3) is 8.02. The third-order valence-electron chi connectivity index (χ3n) is 7.43. The van der Waals surface area contributed by atoms with Gasteiger partial charge >= 0.3 is 0 Å². The molecule has 1 amide bonds. The average Bonchev–Trinajstić information content (AvgIpc) is 3.49. The average molecular weight is 616 g/mol. The van der Waals surface area contributed by atoms with E-state index in [1.165, 1.54) is 6.07 Å². The van der Waals surface area contributed by atoms with Crippen molar-refractivity contribution < 1.29 is 13.6 Å². The Balaban J connectivity index is 1.51. The molecule has 2 N–H and O–H groups in total. The van der Waals surface area contributed by atoms with Crippen LogP contribution in [0.1, 0.15) is 79.3 Å². The summed E-state index contributed by atoms with van der Waals surface area (Å²) in [5.74, 6) is -1.36. The Bertz CT molecular complexity index is 1680. The number of halogens is 2. The van der Waals surface area contributed by atoms with Gasteiger partial charge in [0.25, 0.3) is 5.91 Å². The van der Waals surface area contributed by atoms with E-state index in [0.29, 0.717) is 29.5 Å². The highest BCUT2D eigenvalue weighted by molar-refractivity contribution is 7.15. The van der Waals surface area contributed by atoms with Gasteiger partial charge in [0, 0.05) is 21.5 Å². The molecule has 44 heavy (non-hydrogen) atoms. The number of aryl methyl sites for hydroxylation is 1. The Morgan fingerprint density at radius 2 is 1.84 bits per heavy atom. The normalized spacial score (nSPS) is 12.8. The number of aliphatic imine (C=N–C) groups is 1. The van der Waals surface area contributed by atoms with Crippen LogP contribution in [0.3, 0.4) is 0 Å². The summed E-state index contributed by atoms with van der Waals surface area (Å²) in [6.07, 6.45) is 4.63. The molecule has 0 aliphatic rings. The summed E-state index contributed by atoms with van der Waals surface area (Å²) in [5.41, 5.74) is 5.25. The highest BCUT2D eigenvalue weighted by atomic mass is 32.1. The number of aromatic nitrogens is 2. The summed E-state index contributed by atoms with van der Waals surface area (Å²) in [6, 6.07) is 13.4. The molecule has 2 atom stereocenters. The fourth-order valence-corrected chi connectivity index (χ4v) is 5.32. The number of hydrogen-bond acceptors (Lipinski definition) is 6. The van der Waals surface area contributed by atoms with Crippen LogP contribution in [0, 0.1) is 30.4 Å². The zero-order valence-corrected chi connectivity index (χ0v) is 26.9. The summed E-state index contributed by atoms with van der Waals surface area (Å²) in [4.78, 5) is 28.9. The molecule has 9 heteroatoms. The second kappa shape index (κ2) is 14.5. The van der Waals surface area contributed by atoms with E-state index in [9.17, 15) is 13.6 Å². The lowest BCUT2D eigenvalue weighted by molar-refractivity contribution is 0.0935. The van der Waals surface area contributed by atoms with Crippen LogP contribution in [-0.4, -0.2) is 22.1 Å². The van der Waals surface area contributed by atoms with E-state index >= 15 is 0 Å². The second-order valence-corrected chi connectivity index (χ2v) is 12.4. The fraction of sp³-hybridized carbons (Fsp3) is 0.314. The molecule has 0 saturated heterocycles. The molecule has 4 rings (SSSR count). The van der Waals surface area contributed by atoms with E-state index in [1.54, 1.807) is 31.4 Å². The largest absolute Gasteiger partial charge is 0.363 e. The number of rotatable bonds is 12. The number of nitrogens with zero attached hydrogens (tertiary/aromatic N) is 3. The van der Waals surface area contributed by atoms with Crippen LogP contribution in [0.5, 0.6) is 0 Å². The molecule has 0 saturated carbocycles. The first kappa shape index (κ1) is 32.7. The number of amides is 1. The van der Waals surface area contributed by atoms with Crippen LogP contribution in [-0.2, 0) is 6.54 Å². The summed E-state index contributed by atoms with van der Waals surface area (Å²) < 4.78 is 27.1. The number of anilines is 1. The first-order valence-electron chi connectivity index (χ1n) is 14.8. The van der Waals surface area contributed by atoms with Crippen molar-refractivity contribution in [2.75, 3.05) is 5.32 Å². The van der Waals surface area contributed by atoms with Gasteiger partial charge in [-0.2, -0.15) is 0 Å². The van der Waals surface area contributed by atoms with Gasteiger partial charge in [0.05, 0.1) is 30.2 Å². The molecule has 0 radical (unpaired) electrons. The maximum Gasteiger partial charge on any atom is 0.274 e. The zero-order valence-electron chi connectivity index (χ0n) is 26.0. The second-order valence-electron chi connectivity index (χ2n) is 11.3. The molecule has 2 aromatic carbocycles. The number of carbonyl (C=O) groups excluding carboxylic acids is 1. The number of thiophene rings is 1. The van der Waals surface area contributed by atoms with Crippen LogP contribution in [0.15, 0.2) is 66.3 Å². The van der Waals surface area contributed by atoms with Gasteiger partial charge in [0.1, 0.15) is 0 Å². The van der Waals surface area contributed by atoms with Crippen molar-refractivity contribution in [3.63, 3.8) is 0 Å². The van der Waals surface area contributed by atoms with Crippen molar-refractivity contribution >= 4 is 40.5 Å². The van der Waals surface area contributed by atoms with E-state index in [-0.39, 0.29) is 11.6 Å². The van der Waals surface area contributed by atoms with Gasteiger partial charge in [-0.3, -0.25) is 9.79 Å². The molecule has 4 aromatic rings. The minimum atomic E-state index is -0.969. The third-order valence-corrected chi connectivity index (χ3v) is 8.56. The van der Waals surface area contributed by atoms with E-state index in [2.05, 4.69) is 79.1 Å². The number of allylic oxidation sites excluding steroid dienone is 1. The maximum atomic E-state index is 13.7. The van der Waals surface area contributed by atoms with E-state index in [0.717, 1.165) is 50.7 Å².